The van der Waals surface area contributed by atoms with E-state index in [1.807, 2.05) is 6.07 Å². The second kappa shape index (κ2) is 2.64. The second-order valence-corrected chi connectivity index (χ2v) is 2.74. The number of fused-ring (bicyclic) bond motifs is 1. The van der Waals surface area contributed by atoms with E-state index in [0.717, 1.165) is 5.56 Å². The van der Waals surface area contributed by atoms with Gasteiger partial charge in [-0.15, -0.1) is 0 Å². The number of phenols is 1. The minimum absolute atomic E-state index is 0.0593. The molecule has 1 aliphatic rings. The summed E-state index contributed by atoms with van der Waals surface area (Å²) in [6, 6.07) is 5.10. The molecule has 0 aliphatic carbocycles. The van der Waals surface area contributed by atoms with E-state index in [1.165, 1.54) is 0 Å². The highest BCUT2D eigenvalue weighted by Crippen LogP contribution is 2.33. The third kappa shape index (κ3) is 1.10. The van der Waals surface area contributed by atoms with Gasteiger partial charge in [0.05, 0.1) is 0 Å². The van der Waals surface area contributed by atoms with E-state index in [4.69, 9.17) is 9.47 Å². The fourth-order valence-electron chi connectivity index (χ4n) is 1.05. The van der Waals surface area contributed by atoms with Crippen molar-refractivity contribution in [2.24, 2.45) is 0 Å². The summed E-state index contributed by atoms with van der Waals surface area (Å²) in [4.78, 5) is 0. The molecule has 1 N–H and O–H groups in total. The number of phenolic OH excluding ortho intramolecular Hbond substituents is 1. The molecule has 1 aromatic rings. The van der Waals surface area contributed by atoms with E-state index in [9.17, 15) is 5.11 Å². The molecule has 12 heavy (non-hydrogen) atoms. The number of benzene rings is 1. The minimum atomic E-state index is 0.0593. The third-order valence-electron chi connectivity index (χ3n) is 1.61. The van der Waals surface area contributed by atoms with Gasteiger partial charge in [0, 0.05) is 17.8 Å². The van der Waals surface area contributed by atoms with Crippen LogP contribution in [0.5, 0.6) is 11.5 Å². The molecule has 0 spiro atoms. The maximum atomic E-state index is 9.33. The average molecular weight is 182 g/mol. The molecule has 0 unspecified atom stereocenters. The molecule has 0 saturated heterocycles. The van der Waals surface area contributed by atoms with Crippen molar-refractivity contribution < 1.29 is 14.6 Å². The quantitative estimate of drug-likeness (QED) is 0.618. The van der Waals surface area contributed by atoms with Crippen molar-refractivity contribution in [2.75, 3.05) is 0 Å². The molecule has 0 aromatic heterocycles. The van der Waals surface area contributed by atoms with Crippen LogP contribution in [0.3, 0.4) is 0 Å². The topological polar surface area (TPSA) is 38.7 Å². The van der Waals surface area contributed by atoms with Gasteiger partial charge in [-0.3, -0.25) is 0 Å². The Hall–Kier alpha value is -1.29. The summed E-state index contributed by atoms with van der Waals surface area (Å²) >= 11 is 4.69. The fourth-order valence-corrected chi connectivity index (χ4v) is 1.19. The maximum absolute atomic E-state index is 9.33. The lowest BCUT2D eigenvalue weighted by Gasteiger charge is -2.18. The van der Waals surface area contributed by atoms with E-state index in [0.29, 0.717) is 12.4 Å². The lowest BCUT2D eigenvalue weighted by molar-refractivity contribution is 0.206. The lowest BCUT2D eigenvalue weighted by Crippen LogP contribution is -2.16. The van der Waals surface area contributed by atoms with Crippen LogP contribution in [0.15, 0.2) is 18.2 Å². The molecule has 1 aromatic carbocycles. The molecule has 0 radical (unpaired) electrons. The van der Waals surface area contributed by atoms with Crippen LogP contribution in [0, 0.1) is 0 Å². The van der Waals surface area contributed by atoms with Crippen LogP contribution in [-0.4, -0.2) is 10.3 Å². The lowest BCUT2D eigenvalue weighted by atomic mass is 10.2. The highest BCUT2D eigenvalue weighted by Gasteiger charge is 2.17. The monoisotopic (exact) mass is 182 g/mol. The predicted octanol–water partition coefficient (Wildman–Crippen LogP) is 1.59. The normalized spacial score (nSPS) is 14.5. The highest BCUT2D eigenvalue weighted by molar-refractivity contribution is 7.79. The number of ether oxygens (including phenoxy) is 2. The fraction of sp³-hybridized carbons (Fsp3) is 0.125. The minimum Gasteiger partial charge on any atom is -0.504 e. The Balaban J connectivity index is 2.50. The van der Waals surface area contributed by atoms with Gasteiger partial charge in [-0.25, -0.2) is 0 Å². The average Bonchev–Trinajstić information content (AvgIpc) is 2.07. The SMILES string of the molecule is Oc1cccc2c1OC(=S)OC2. The predicted molar refractivity (Wildman–Crippen MR) is 46.1 cm³/mol. The molecule has 3 nitrogen and oxygen atoms in total. The van der Waals surface area contributed by atoms with Gasteiger partial charge in [0.25, 0.3) is 0 Å². The van der Waals surface area contributed by atoms with Crippen molar-refractivity contribution in [3.8, 4) is 11.5 Å². The van der Waals surface area contributed by atoms with Gasteiger partial charge in [-0.1, -0.05) is 12.1 Å². The summed E-state index contributed by atoms with van der Waals surface area (Å²) in [6.45, 7) is 0.364. The molecular weight excluding hydrogens is 176 g/mol. The van der Waals surface area contributed by atoms with Crippen LogP contribution in [0.2, 0.25) is 0 Å². The standard InChI is InChI=1S/C8H6O3S/c9-6-3-1-2-5-4-10-8(12)11-7(5)6/h1-3,9H,4H2. The maximum Gasteiger partial charge on any atom is 0.358 e. The summed E-state index contributed by atoms with van der Waals surface area (Å²) in [5.74, 6) is 0.506. The van der Waals surface area contributed by atoms with E-state index >= 15 is 0 Å². The van der Waals surface area contributed by atoms with Gasteiger partial charge in [0.2, 0.25) is 0 Å². The van der Waals surface area contributed by atoms with Crippen molar-refractivity contribution in [3.63, 3.8) is 0 Å². The second-order valence-electron chi connectivity index (χ2n) is 2.41. The summed E-state index contributed by atoms with van der Waals surface area (Å²) in [6.07, 6.45) is 0. The van der Waals surface area contributed by atoms with Crippen LogP contribution in [0.4, 0.5) is 0 Å². The number of para-hydroxylation sites is 1. The molecule has 4 heteroatoms. The smallest absolute Gasteiger partial charge is 0.358 e. The van der Waals surface area contributed by atoms with Gasteiger partial charge < -0.3 is 14.6 Å². The van der Waals surface area contributed by atoms with E-state index in [1.54, 1.807) is 12.1 Å². The zero-order valence-electron chi connectivity index (χ0n) is 6.11. The zero-order valence-corrected chi connectivity index (χ0v) is 6.93. The molecule has 0 fully saturated rings. The summed E-state index contributed by atoms with van der Waals surface area (Å²) in [5.41, 5.74) is 0.809. The van der Waals surface area contributed by atoms with Crippen molar-refractivity contribution in [3.05, 3.63) is 23.8 Å². The molecule has 0 bridgehead atoms. The molecule has 2 rings (SSSR count). The Morgan fingerprint density at radius 1 is 1.42 bits per heavy atom. The van der Waals surface area contributed by atoms with Crippen molar-refractivity contribution >= 4 is 17.5 Å². The molecule has 1 heterocycles. The molecule has 1 aliphatic heterocycles. The van der Waals surface area contributed by atoms with Crippen LogP contribution in [0.25, 0.3) is 0 Å². The van der Waals surface area contributed by atoms with Gasteiger partial charge in [-0.05, 0) is 6.07 Å². The Morgan fingerprint density at radius 2 is 2.25 bits per heavy atom. The van der Waals surface area contributed by atoms with E-state index < -0.39 is 0 Å². The van der Waals surface area contributed by atoms with Gasteiger partial charge in [-0.2, -0.15) is 0 Å². The van der Waals surface area contributed by atoms with Crippen LogP contribution in [0.1, 0.15) is 5.56 Å². The number of rotatable bonds is 0. The first-order chi connectivity index (χ1) is 5.77. The Kier molecular flexibility index (Phi) is 1.62. The Labute approximate surface area is 74.5 Å². The van der Waals surface area contributed by atoms with E-state index in [2.05, 4.69) is 12.2 Å². The van der Waals surface area contributed by atoms with Gasteiger partial charge in [0.15, 0.2) is 11.5 Å². The molecule has 0 saturated carbocycles. The molecule has 62 valence electrons. The molecule has 0 amide bonds. The third-order valence-corrected chi connectivity index (χ3v) is 1.81. The number of thiocarbonyl (C=S) groups is 1. The van der Waals surface area contributed by atoms with E-state index in [-0.39, 0.29) is 11.0 Å². The van der Waals surface area contributed by atoms with Gasteiger partial charge >= 0.3 is 5.24 Å². The van der Waals surface area contributed by atoms with Crippen LogP contribution in [-0.2, 0) is 11.3 Å². The van der Waals surface area contributed by atoms with Crippen molar-refractivity contribution in [2.45, 2.75) is 6.61 Å². The first kappa shape index (κ1) is 7.36. The number of hydrogen-bond acceptors (Lipinski definition) is 4. The first-order valence-corrected chi connectivity index (χ1v) is 3.83. The summed E-state index contributed by atoms with van der Waals surface area (Å²) in [7, 11) is 0. The number of hydrogen-bond donors (Lipinski definition) is 1. The number of aromatic hydroxyl groups is 1. The Morgan fingerprint density at radius 3 is 3.08 bits per heavy atom. The molecular formula is C8H6O3S. The first-order valence-electron chi connectivity index (χ1n) is 3.43. The highest BCUT2D eigenvalue weighted by atomic mass is 32.1. The summed E-state index contributed by atoms with van der Waals surface area (Å²) in [5, 5.41) is 9.39. The Bertz CT molecular complexity index is 335. The van der Waals surface area contributed by atoms with Crippen LogP contribution >= 0.6 is 12.2 Å². The zero-order chi connectivity index (χ0) is 8.55. The van der Waals surface area contributed by atoms with Crippen molar-refractivity contribution in [1.82, 2.24) is 0 Å². The summed E-state index contributed by atoms with van der Waals surface area (Å²) < 4.78 is 9.98. The molecule has 0 atom stereocenters. The van der Waals surface area contributed by atoms with Crippen LogP contribution < -0.4 is 4.74 Å². The van der Waals surface area contributed by atoms with Gasteiger partial charge in [0.1, 0.15) is 6.61 Å². The largest absolute Gasteiger partial charge is 0.504 e. The van der Waals surface area contributed by atoms with Crippen molar-refractivity contribution in [1.29, 1.82) is 0 Å².